The molecule has 1 aromatic heterocycles. The molecule has 1 aliphatic rings. The molecule has 0 unspecified atom stereocenters. The van der Waals surface area contributed by atoms with E-state index in [1.54, 1.807) is 12.3 Å². The van der Waals surface area contributed by atoms with Crippen LogP contribution >= 0.6 is 0 Å². The number of anilines is 1. The standard InChI is InChI=1S/C17H22N4O2S/c22-24(23,14-5-3-9-18-13-14)21-12-11-20-17-8-4-10-19-16-7-2-1-6-15(16)17/h1-3,5-7,9,13,17,19-21H,4,8,10-12H2/t17-/m0/s1. The third-order valence-corrected chi connectivity index (χ3v) is 5.52. The van der Waals surface area contributed by atoms with E-state index in [0.29, 0.717) is 13.1 Å². The Labute approximate surface area is 142 Å². The van der Waals surface area contributed by atoms with Gasteiger partial charge in [0.15, 0.2) is 0 Å². The van der Waals surface area contributed by atoms with Gasteiger partial charge in [-0.3, -0.25) is 4.98 Å². The summed E-state index contributed by atoms with van der Waals surface area (Å²) < 4.78 is 26.9. The van der Waals surface area contributed by atoms with Crippen molar-refractivity contribution in [2.45, 2.75) is 23.8 Å². The Morgan fingerprint density at radius 3 is 2.88 bits per heavy atom. The summed E-state index contributed by atoms with van der Waals surface area (Å²) in [6, 6.07) is 11.6. The monoisotopic (exact) mass is 346 g/mol. The molecule has 7 heteroatoms. The zero-order valence-corrected chi connectivity index (χ0v) is 14.2. The summed E-state index contributed by atoms with van der Waals surface area (Å²) in [6.45, 7) is 1.87. The summed E-state index contributed by atoms with van der Waals surface area (Å²) in [5.74, 6) is 0. The molecule has 3 N–H and O–H groups in total. The summed E-state index contributed by atoms with van der Waals surface area (Å²) in [5, 5.41) is 6.89. The van der Waals surface area contributed by atoms with Gasteiger partial charge in [0, 0.05) is 43.8 Å². The minimum absolute atomic E-state index is 0.189. The zero-order valence-electron chi connectivity index (χ0n) is 13.4. The molecule has 0 saturated carbocycles. The van der Waals surface area contributed by atoms with Crippen LogP contribution in [0.1, 0.15) is 24.4 Å². The maximum atomic E-state index is 12.1. The maximum absolute atomic E-state index is 12.1. The third kappa shape index (κ3) is 4.11. The fraction of sp³-hybridized carbons (Fsp3) is 0.353. The molecule has 1 atom stereocenters. The molecule has 1 aliphatic heterocycles. The Kier molecular flexibility index (Phi) is 5.44. The van der Waals surface area contributed by atoms with Crippen LogP contribution in [-0.4, -0.2) is 33.0 Å². The molecule has 24 heavy (non-hydrogen) atoms. The van der Waals surface area contributed by atoms with Crippen molar-refractivity contribution in [1.82, 2.24) is 15.0 Å². The summed E-state index contributed by atoms with van der Waals surface area (Å²) in [4.78, 5) is 4.04. The average Bonchev–Trinajstić information content (AvgIpc) is 2.82. The zero-order chi connectivity index (χ0) is 16.8. The van der Waals surface area contributed by atoms with Crippen LogP contribution in [0.4, 0.5) is 5.69 Å². The van der Waals surface area contributed by atoms with E-state index in [-0.39, 0.29) is 10.9 Å². The predicted molar refractivity (Wildman–Crippen MR) is 94.3 cm³/mol. The number of rotatable bonds is 6. The molecule has 3 rings (SSSR count). The van der Waals surface area contributed by atoms with Crippen molar-refractivity contribution in [2.24, 2.45) is 0 Å². The lowest BCUT2D eigenvalue weighted by atomic mass is 10.0. The number of aromatic nitrogens is 1. The van der Waals surface area contributed by atoms with Crippen molar-refractivity contribution in [3.63, 3.8) is 0 Å². The van der Waals surface area contributed by atoms with Gasteiger partial charge in [0.25, 0.3) is 0 Å². The molecule has 2 heterocycles. The molecule has 0 bridgehead atoms. The summed E-state index contributed by atoms with van der Waals surface area (Å²) in [6.07, 6.45) is 5.01. The van der Waals surface area contributed by atoms with Crippen LogP contribution in [0.25, 0.3) is 0 Å². The largest absolute Gasteiger partial charge is 0.385 e. The van der Waals surface area contributed by atoms with Gasteiger partial charge in [-0.15, -0.1) is 0 Å². The molecule has 0 radical (unpaired) electrons. The van der Waals surface area contributed by atoms with Gasteiger partial charge in [0.2, 0.25) is 10.0 Å². The van der Waals surface area contributed by atoms with E-state index >= 15 is 0 Å². The number of para-hydroxylation sites is 1. The SMILES string of the molecule is O=S(=O)(NCCN[C@H]1CCCNc2ccccc21)c1cccnc1. The summed E-state index contributed by atoms with van der Waals surface area (Å²) in [5.41, 5.74) is 2.40. The molecule has 6 nitrogen and oxygen atoms in total. The fourth-order valence-corrected chi connectivity index (χ4v) is 3.87. The van der Waals surface area contributed by atoms with Crippen molar-refractivity contribution >= 4 is 15.7 Å². The molecule has 0 aliphatic carbocycles. The van der Waals surface area contributed by atoms with Gasteiger partial charge in [0.1, 0.15) is 4.90 Å². The fourth-order valence-electron chi connectivity index (χ4n) is 2.88. The van der Waals surface area contributed by atoms with Crippen LogP contribution in [0.15, 0.2) is 53.7 Å². The van der Waals surface area contributed by atoms with Crippen LogP contribution in [0.3, 0.4) is 0 Å². The van der Waals surface area contributed by atoms with Gasteiger partial charge in [-0.1, -0.05) is 18.2 Å². The van der Waals surface area contributed by atoms with E-state index in [2.05, 4.69) is 32.5 Å². The molecular formula is C17H22N4O2S. The number of nitrogens with zero attached hydrogens (tertiary/aromatic N) is 1. The van der Waals surface area contributed by atoms with Crippen molar-refractivity contribution < 1.29 is 8.42 Å². The number of hydrogen-bond donors (Lipinski definition) is 3. The molecule has 0 fully saturated rings. The Hall–Kier alpha value is -1.96. The topological polar surface area (TPSA) is 83.1 Å². The van der Waals surface area contributed by atoms with Crippen molar-refractivity contribution in [3.05, 3.63) is 54.4 Å². The first-order chi connectivity index (χ1) is 11.7. The van der Waals surface area contributed by atoms with Gasteiger partial charge in [-0.2, -0.15) is 0 Å². The smallest absolute Gasteiger partial charge is 0.242 e. The van der Waals surface area contributed by atoms with Gasteiger partial charge in [-0.25, -0.2) is 13.1 Å². The Morgan fingerprint density at radius 1 is 1.17 bits per heavy atom. The van der Waals surface area contributed by atoms with Gasteiger partial charge in [-0.05, 0) is 36.6 Å². The van der Waals surface area contributed by atoms with E-state index in [0.717, 1.165) is 25.1 Å². The highest BCUT2D eigenvalue weighted by Crippen LogP contribution is 2.28. The number of pyridine rings is 1. The molecule has 0 amide bonds. The first-order valence-electron chi connectivity index (χ1n) is 8.13. The molecular weight excluding hydrogens is 324 g/mol. The molecule has 0 spiro atoms. The van der Waals surface area contributed by atoms with Crippen LogP contribution in [0.2, 0.25) is 0 Å². The van der Waals surface area contributed by atoms with E-state index in [1.807, 2.05) is 12.1 Å². The average molecular weight is 346 g/mol. The van der Waals surface area contributed by atoms with Gasteiger partial charge in [0.05, 0.1) is 0 Å². The Bertz CT molecular complexity index is 765. The highest BCUT2D eigenvalue weighted by atomic mass is 32.2. The quantitative estimate of drug-likeness (QED) is 0.696. The van der Waals surface area contributed by atoms with Gasteiger partial charge >= 0.3 is 0 Å². The van der Waals surface area contributed by atoms with Crippen LogP contribution in [0, 0.1) is 0 Å². The van der Waals surface area contributed by atoms with Crippen LogP contribution in [0.5, 0.6) is 0 Å². The summed E-state index contributed by atoms with van der Waals surface area (Å²) in [7, 11) is -3.50. The van der Waals surface area contributed by atoms with Crippen molar-refractivity contribution in [3.8, 4) is 0 Å². The minimum Gasteiger partial charge on any atom is -0.385 e. The van der Waals surface area contributed by atoms with E-state index in [1.165, 1.54) is 17.8 Å². The van der Waals surface area contributed by atoms with E-state index < -0.39 is 10.0 Å². The minimum atomic E-state index is -3.50. The molecule has 1 aromatic carbocycles. The molecule has 0 saturated heterocycles. The number of benzene rings is 1. The van der Waals surface area contributed by atoms with Crippen molar-refractivity contribution in [2.75, 3.05) is 25.0 Å². The Balaban J connectivity index is 1.55. The van der Waals surface area contributed by atoms with Crippen LogP contribution in [-0.2, 0) is 10.0 Å². The number of fused-ring (bicyclic) bond motifs is 1. The second-order valence-corrected chi connectivity index (χ2v) is 7.52. The predicted octanol–water partition coefficient (Wildman–Crippen LogP) is 1.90. The normalized spacial score (nSPS) is 17.6. The number of nitrogens with one attached hydrogen (secondary N) is 3. The van der Waals surface area contributed by atoms with Gasteiger partial charge < -0.3 is 10.6 Å². The van der Waals surface area contributed by atoms with E-state index in [4.69, 9.17) is 0 Å². The second-order valence-electron chi connectivity index (χ2n) is 5.75. The third-order valence-electron chi connectivity index (χ3n) is 4.07. The lowest BCUT2D eigenvalue weighted by Gasteiger charge is -2.19. The first kappa shape index (κ1) is 16.9. The first-order valence-corrected chi connectivity index (χ1v) is 9.61. The highest BCUT2D eigenvalue weighted by molar-refractivity contribution is 7.89. The number of sulfonamides is 1. The van der Waals surface area contributed by atoms with Crippen molar-refractivity contribution in [1.29, 1.82) is 0 Å². The second kappa shape index (κ2) is 7.74. The van der Waals surface area contributed by atoms with E-state index in [9.17, 15) is 8.42 Å². The highest BCUT2D eigenvalue weighted by Gasteiger charge is 2.18. The Morgan fingerprint density at radius 2 is 2.04 bits per heavy atom. The lowest BCUT2D eigenvalue weighted by Crippen LogP contribution is -2.33. The number of hydrogen-bond acceptors (Lipinski definition) is 5. The molecule has 2 aromatic rings. The maximum Gasteiger partial charge on any atom is 0.242 e. The van der Waals surface area contributed by atoms with Crippen LogP contribution < -0.4 is 15.4 Å². The lowest BCUT2D eigenvalue weighted by molar-refractivity contribution is 0.497. The molecule has 128 valence electrons. The summed E-state index contributed by atoms with van der Waals surface area (Å²) >= 11 is 0.